The highest BCUT2D eigenvalue weighted by molar-refractivity contribution is 6.07. The van der Waals surface area contributed by atoms with Crippen LogP contribution in [0.25, 0.3) is 10.9 Å². The van der Waals surface area contributed by atoms with Crippen molar-refractivity contribution in [3.8, 4) is 0 Å². The minimum absolute atomic E-state index is 0.213. The van der Waals surface area contributed by atoms with E-state index in [-0.39, 0.29) is 17.8 Å². The fourth-order valence-electron chi connectivity index (χ4n) is 2.29. The lowest BCUT2D eigenvalue weighted by molar-refractivity contribution is 0.0992. The first-order chi connectivity index (χ1) is 10.2. The average Bonchev–Trinajstić information content (AvgIpc) is 2.50. The summed E-state index contributed by atoms with van der Waals surface area (Å²) in [6.45, 7) is 0. The van der Waals surface area contributed by atoms with Gasteiger partial charge >= 0.3 is 0 Å². The monoisotopic (exact) mass is 283 g/mol. The van der Waals surface area contributed by atoms with E-state index >= 15 is 0 Å². The molecule has 0 saturated carbocycles. The molecule has 0 aliphatic rings. The number of carbonyl (C=O) groups excluding carboxylic acids is 1. The molecular weight excluding hydrogens is 272 g/mol. The molecule has 4 heteroatoms. The molecule has 1 heterocycles. The van der Waals surface area contributed by atoms with Gasteiger partial charge in [-0.25, -0.2) is 8.78 Å². The highest BCUT2D eigenvalue weighted by Gasteiger charge is 2.16. The summed E-state index contributed by atoms with van der Waals surface area (Å²) in [5, 5.41) is 0.817. The zero-order valence-corrected chi connectivity index (χ0v) is 11.0. The van der Waals surface area contributed by atoms with E-state index in [4.69, 9.17) is 0 Å². The summed E-state index contributed by atoms with van der Waals surface area (Å²) in [6, 6.07) is 12.4. The van der Waals surface area contributed by atoms with Crippen LogP contribution in [0.5, 0.6) is 0 Å². The molecular formula is C17H11F2NO. The van der Waals surface area contributed by atoms with Gasteiger partial charge in [0.15, 0.2) is 5.78 Å². The number of benzene rings is 2. The average molecular weight is 283 g/mol. The lowest BCUT2D eigenvalue weighted by Crippen LogP contribution is -2.08. The lowest BCUT2D eigenvalue weighted by atomic mass is 10.00. The molecule has 0 spiro atoms. The second-order valence-corrected chi connectivity index (χ2v) is 4.68. The molecule has 0 bridgehead atoms. The van der Waals surface area contributed by atoms with E-state index in [0.29, 0.717) is 11.1 Å². The Morgan fingerprint density at radius 1 is 0.952 bits per heavy atom. The van der Waals surface area contributed by atoms with Gasteiger partial charge in [0.05, 0.1) is 5.52 Å². The minimum atomic E-state index is -0.712. The Morgan fingerprint density at radius 2 is 1.62 bits per heavy atom. The summed E-state index contributed by atoms with van der Waals surface area (Å²) in [7, 11) is 0. The first kappa shape index (κ1) is 13.4. The molecule has 0 radical (unpaired) electrons. The third-order valence-electron chi connectivity index (χ3n) is 3.33. The summed E-state index contributed by atoms with van der Waals surface area (Å²) in [5.74, 6) is -1.78. The Hall–Kier alpha value is -2.62. The molecule has 0 saturated heterocycles. The molecule has 0 fully saturated rings. The van der Waals surface area contributed by atoms with Crippen LogP contribution in [-0.4, -0.2) is 10.8 Å². The Kier molecular flexibility index (Phi) is 3.44. The first-order valence-corrected chi connectivity index (χ1v) is 6.46. The third-order valence-corrected chi connectivity index (χ3v) is 3.33. The molecule has 21 heavy (non-hydrogen) atoms. The maximum absolute atomic E-state index is 13.6. The number of hydrogen-bond donors (Lipinski definition) is 0. The highest BCUT2D eigenvalue weighted by Crippen LogP contribution is 2.20. The minimum Gasteiger partial charge on any atom is -0.294 e. The number of rotatable bonds is 3. The van der Waals surface area contributed by atoms with E-state index in [1.165, 1.54) is 6.07 Å². The number of Topliss-reactive ketones (excluding diaryl/α,β-unsaturated/α-hetero) is 1. The van der Waals surface area contributed by atoms with Crippen LogP contribution >= 0.6 is 0 Å². The molecule has 1 aromatic heterocycles. The smallest absolute Gasteiger partial charge is 0.169 e. The second kappa shape index (κ2) is 5.40. The number of nitrogens with zero attached hydrogens (tertiary/aromatic N) is 1. The Bertz CT molecular complexity index is 804. The van der Waals surface area contributed by atoms with Crippen LogP contribution in [0.1, 0.15) is 15.9 Å². The van der Waals surface area contributed by atoms with Gasteiger partial charge in [-0.05, 0) is 24.3 Å². The largest absolute Gasteiger partial charge is 0.294 e. The summed E-state index contributed by atoms with van der Waals surface area (Å²) in [5.41, 5.74) is 0.702. The summed E-state index contributed by atoms with van der Waals surface area (Å²) in [4.78, 5) is 16.5. The standard InChI is InChI=1S/C17H11F2NO/c18-14-7-2-8-15(19)13(14)10-16(21)12-6-1-4-11-5-3-9-20-17(11)12/h1-9H,10H2. The quantitative estimate of drug-likeness (QED) is 0.681. The Morgan fingerprint density at radius 3 is 2.38 bits per heavy atom. The molecule has 0 unspecified atom stereocenters. The fourth-order valence-corrected chi connectivity index (χ4v) is 2.29. The van der Waals surface area contributed by atoms with Gasteiger partial charge in [-0.15, -0.1) is 0 Å². The molecule has 3 rings (SSSR count). The molecule has 3 aromatic rings. The van der Waals surface area contributed by atoms with Gasteiger partial charge in [-0.3, -0.25) is 9.78 Å². The van der Waals surface area contributed by atoms with Crippen molar-refractivity contribution in [2.75, 3.05) is 0 Å². The number of fused-ring (bicyclic) bond motifs is 1. The predicted octanol–water partition coefficient (Wildman–Crippen LogP) is 3.94. The van der Waals surface area contributed by atoms with Crippen LogP contribution in [0, 0.1) is 11.6 Å². The maximum atomic E-state index is 13.6. The maximum Gasteiger partial charge on any atom is 0.169 e. The SMILES string of the molecule is O=C(Cc1c(F)cccc1F)c1cccc2cccnc12. The zero-order chi connectivity index (χ0) is 14.8. The topological polar surface area (TPSA) is 30.0 Å². The third kappa shape index (κ3) is 2.52. The number of carbonyl (C=O) groups is 1. The predicted molar refractivity (Wildman–Crippen MR) is 76.1 cm³/mol. The lowest BCUT2D eigenvalue weighted by Gasteiger charge is -2.06. The van der Waals surface area contributed by atoms with Gasteiger partial charge < -0.3 is 0 Å². The van der Waals surface area contributed by atoms with E-state index in [9.17, 15) is 13.6 Å². The van der Waals surface area contributed by atoms with Crippen molar-refractivity contribution in [3.63, 3.8) is 0 Å². The van der Waals surface area contributed by atoms with Crippen molar-refractivity contribution in [3.05, 3.63) is 77.5 Å². The number of pyridine rings is 1. The molecule has 2 aromatic carbocycles. The van der Waals surface area contributed by atoms with E-state index in [1.807, 2.05) is 12.1 Å². The molecule has 0 amide bonds. The van der Waals surface area contributed by atoms with E-state index in [2.05, 4.69) is 4.98 Å². The van der Waals surface area contributed by atoms with Crippen molar-refractivity contribution in [1.82, 2.24) is 4.98 Å². The van der Waals surface area contributed by atoms with Crippen LogP contribution in [0.4, 0.5) is 8.78 Å². The van der Waals surface area contributed by atoms with Gasteiger partial charge in [0.2, 0.25) is 0 Å². The molecule has 0 aliphatic heterocycles. The molecule has 2 nitrogen and oxygen atoms in total. The number of aromatic nitrogens is 1. The van der Waals surface area contributed by atoms with Gasteiger partial charge in [0.25, 0.3) is 0 Å². The van der Waals surface area contributed by atoms with Crippen molar-refractivity contribution in [2.24, 2.45) is 0 Å². The van der Waals surface area contributed by atoms with Crippen LogP contribution in [0.2, 0.25) is 0 Å². The Balaban J connectivity index is 2.02. The molecule has 0 N–H and O–H groups in total. The molecule has 104 valence electrons. The van der Waals surface area contributed by atoms with E-state index in [0.717, 1.165) is 17.5 Å². The van der Waals surface area contributed by atoms with Crippen molar-refractivity contribution >= 4 is 16.7 Å². The van der Waals surface area contributed by atoms with E-state index in [1.54, 1.807) is 24.4 Å². The zero-order valence-electron chi connectivity index (χ0n) is 11.0. The van der Waals surface area contributed by atoms with E-state index < -0.39 is 11.6 Å². The fraction of sp³-hybridized carbons (Fsp3) is 0.0588. The van der Waals surface area contributed by atoms with Crippen molar-refractivity contribution in [1.29, 1.82) is 0 Å². The van der Waals surface area contributed by atoms with Crippen LogP contribution in [-0.2, 0) is 6.42 Å². The normalized spacial score (nSPS) is 10.8. The van der Waals surface area contributed by atoms with Crippen molar-refractivity contribution in [2.45, 2.75) is 6.42 Å². The van der Waals surface area contributed by atoms with Crippen LogP contribution < -0.4 is 0 Å². The van der Waals surface area contributed by atoms with Gasteiger partial charge in [0, 0.05) is 29.1 Å². The van der Waals surface area contributed by atoms with Gasteiger partial charge in [0.1, 0.15) is 11.6 Å². The Labute approximate surface area is 120 Å². The second-order valence-electron chi connectivity index (χ2n) is 4.68. The number of ketones is 1. The number of halogens is 2. The van der Waals surface area contributed by atoms with Crippen LogP contribution in [0.3, 0.4) is 0 Å². The van der Waals surface area contributed by atoms with Crippen LogP contribution in [0.15, 0.2) is 54.7 Å². The molecule has 0 aliphatic carbocycles. The first-order valence-electron chi connectivity index (χ1n) is 6.46. The van der Waals surface area contributed by atoms with Gasteiger partial charge in [-0.1, -0.05) is 24.3 Å². The molecule has 0 atom stereocenters. The van der Waals surface area contributed by atoms with Crippen molar-refractivity contribution < 1.29 is 13.6 Å². The summed E-state index contributed by atoms with van der Waals surface area (Å²) < 4.78 is 27.3. The number of para-hydroxylation sites is 1. The highest BCUT2D eigenvalue weighted by atomic mass is 19.1. The van der Waals surface area contributed by atoms with Gasteiger partial charge in [-0.2, -0.15) is 0 Å². The number of hydrogen-bond acceptors (Lipinski definition) is 2. The summed E-state index contributed by atoms with van der Waals surface area (Å²) in [6.07, 6.45) is 1.26. The summed E-state index contributed by atoms with van der Waals surface area (Å²) >= 11 is 0.